The molecule has 0 saturated carbocycles. The van der Waals surface area contributed by atoms with E-state index in [1.807, 2.05) is 0 Å². The summed E-state index contributed by atoms with van der Waals surface area (Å²) in [5.41, 5.74) is 1.32. The van der Waals surface area contributed by atoms with Gasteiger partial charge >= 0.3 is 0 Å². The van der Waals surface area contributed by atoms with E-state index in [4.69, 9.17) is 4.74 Å². The molecule has 7 nitrogen and oxygen atoms in total. The zero-order chi connectivity index (χ0) is 19.7. The van der Waals surface area contributed by atoms with E-state index in [2.05, 4.69) is 10.3 Å². The van der Waals surface area contributed by atoms with Gasteiger partial charge in [0.15, 0.2) is 11.5 Å². The number of phenols is 1. The smallest absolute Gasteiger partial charge is 0.261 e. The van der Waals surface area contributed by atoms with Gasteiger partial charge in [-0.2, -0.15) is 0 Å². The van der Waals surface area contributed by atoms with Gasteiger partial charge in [0.1, 0.15) is 5.82 Å². The second kappa shape index (κ2) is 7.34. The Balaban J connectivity index is 1.66. The monoisotopic (exact) mass is 379 g/mol. The molecule has 0 atom stereocenters. The highest BCUT2D eigenvalue weighted by atomic mass is 16.5. The SMILES string of the molecule is COc1ccc(NC(=O)c2ccc3c(=O)n4c(nc3c2)CCCCC4)cc1O. The maximum absolute atomic E-state index is 12.8. The lowest BCUT2D eigenvalue weighted by Crippen LogP contribution is -2.24. The third-order valence-corrected chi connectivity index (χ3v) is 5.02. The molecule has 4 rings (SSSR count). The molecule has 3 aromatic rings. The molecule has 0 fully saturated rings. The fraction of sp³-hybridized carbons (Fsp3) is 0.286. The highest BCUT2D eigenvalue weighted by molar-refractivity contribution is 6.06. The van der Waals surface area contributed by atoms with Crippen molar-refractivity contribution in [1.29, 1.82) is 0 Å². The Bertz CT molecular complexity index is 1120. The maximum Gasteiger partial charge on any atom is 0.261 e. The Morgan fingerprint density at radius 2 is 2.04 bits per heavy atom. The summed E-state index contributed by atoms with van der Waals surface area (Å²) in [7, 11) is 1.46. The lowest BCUT2D eigenvalue weighted by molar-refractivity contribution is 0.102. The molecular formula is C21H21N3O4. The number of nitrogens with zero attached hydrogens (tertiary/aromatic N) is 2. The quantitative estimate of drug-likeness (QED) is 0.729. The predicted molar refractivity (Wildman–Crippen MR) is 106 cm³/mol. The summed E-state index contributed by atoms with van der Waals surface area (Å²) < 4.78 is 6.76. The molecule has 28 heavy (non-hydrogen) atoms. The van der Waals surface area contributed by atoms with Crippen molar-refractivity contribution in [3.05, 3.63) is 58.1 Å². The average Bonchev–Trinajstić information content (AvgIpc) is 2.93. The van der Waals surface area contributed by atoms with Crippen LogP contribution in [0.5, 0.6) is 11.5 Å². The highest BCUT2D eigenvalue weighted by Crippen LogP contribution is 2.28. The number of ether oxygens (including phenoxy) is 1. The van der Waals surface area contributed by atoms with Crippen LogP contribution in [-0.2, 0) is 13.0 Å². The van der Waals surface area contributed by atoms with Gasteiger partial charge in [0, 0.05) is 30.3 Å². The number of phenolic OH excluding ortho intramolecular Hbond substituents is 1. The second-order valence-electron chi connectivity index (χ2n) is 6.87. The van der Waals surface area contributed by atoms with Gasteiger partial charge in [-0.25, -0.2) is 4.98 Å². The first-order valence-corrected chi connectivity index (χ1v) is 9.28. The Hall–Kier alpha value is -3.35. The molecule has 2 N–H and O–H groups in total. The molecule has 7 heteroatoms. The first kappa shape index (κ1) is 18.0. The van der Waals surface area contributed by atoms with E-state index in [0.29, 0.717) is 34.4 Å². The Kier molecular flexibility index (Phi) is 4.73. The minimum atomic E-state index is -0.344. The number of aryl methyl sites for hydroxylation is 1. The van der Waals surface area contributed by atoms with Crippen LogP contribution in [0.1, 0.15) is 35.4 Å². The largest absolute Gasteiger partial charge is 0.504 e. The first-order valence-electron chi connectivity index (χ1n) is 9.28. The van der Waals surface area contributed by atoms with Crippen LogP contribution >= 0.6 is 0 Å². The van der Waals surface area contributed by atoms with Crippen molar-refractivity contribution >= 4 is 22.5 Å². The highest BCUT2D eigenvalue weighted by Gasteiger charge is 2.15. The fourth-order valence-electron chi connectivity index (χ4n) is 3.53. The van der Waals surface area contributed by atoms with E-state index in [1.54, 1.807) is 34.9 Å². The van der Waals surface area contributed by atoms with Crippen molar-refractivity contribution in [2.75, 3.05) is 12.4 Å². The number of amides is 1. The number of rotatable bonds is 3. The number of aromatic hydroxyl groups is 1. The maximum atomic E-state index is 12.8. The molecule has 1 aliphatic heterocycles. The van der Waals surface area contributed by atoms with Crippen LogP contribution in [0.15, 0.2) is 41.2 Å². The molecule has 1 aromatic heterocycles. The molecule has 0 radical (unpaired) electrons. The molecule has 0 spiro atoms. The van der Waals surface area contributed by atoms with E-state index in [9.17, 15) is 14.7 Å². The number of aromatic nitrogens is 2. The first-order chi connectivity index (χ1) is 13.6. The number of nitrogens with one attached hydrogen (secondary N) is 1. The van der Waals surface area contributed by atoms with Crippen LogP contribution in [-0.4, -0.2) is 27.7 Å². The Labute approximate surface area is 161 Å². The van der Waals surface area contributed by atoms with Crippen LogP contribution in [0.3, 0.4) is 0 Å². The van der Waals surface area contributed by atoms with Crippen LogP contribution in [0.2, 0.25) is 0 Å². The summed E-state index contributed by atoms with van der Waals surface area (Å²) in [6.07, 6.45) is 3.85. The van der Waals surface area contributed by atoms with Crippen molar-refractivity contribution in [3.8, 4) is 11.5 Å². The summed E-state index contributed by atoms with van der Waals surface area (Å²) >= 11 is 0. The van der Waals surface area contributed by atoms with Crippen molar-refractivity contribution in [3.63, 3.8) is 0 Å². The Morgan fingerprint density at radius 3 is 2.82 bits per heavy atom. The van der Waals surface area contributed by atoms with E-state index in [-0.39, 0.29) is 17.2 Å². The van der Waals surface area contributed by atoms with Gasteiger partial charge in [0.05, 0.1) is 18.0 Å². The summed E-state index contributed by atoms with van der Waals surface area (Å²) in [5.74, 6) is 0.709. The summed E-state index contributed by atoms with van der Waals surface area (Å²) in [6, 6.07) is 9.55. The number of carbonyl (C=O) groups excluding carboxylic acids is 1. The van der Waals surface area contributed by atoms with Gasteiger partial charge in [0.2, 0.25) is 0 Å². The summed E-state index contributed by atoms with van der Waals surface area (Å²) in [5, 5.41) is 13.1. The van der Waals surface area contributed by atoms with E-state index >= 15 is 0 Å². The van der Waals surface area contributed by atoms with Crippen molar-refractivity contribution in [1.82, 2.24) is 9.55 Å². The van der Waals surface area contributed by atoms with Gasteiger partial charge in [-0.15, -0.1) is 0 Å². The van der Waals surface area contributed by atoms with Crippen molar-refractivity contribution < 1.29 is 14.6 Å². The van der Waals surface area contributed by atoms with Gasteiger partial charge in [0.25, 0.3) is 11.5 Å². The molecular weight excluding hydrogens is 358 g/mol. The number of carbonyl (C=O) groups is 1. The third kappa shape index (κ3) is 3.31. The lowest BCUT2D eigenvalue weighted by Gasteiger charge is -2.11. The molecule has 0 aliphatic carbocycles. The number of methoxy groups -OCH3 is 1. The van der Waals surface area contributed by atoms with E-state index < -0.39 is 0 Å². The molecule has 0 unspecified atom stereocenters. The molecule has 2 heterocycles. The Morgan fingerprint density at radius 1 is 1.18 bits per heavy atom. The molecule has 2 aromatic carbocycles. The van der Waals surface area contributed by atoms with E-state index in [0.717, 1.165) is 31.5 Å². The van der Waals surface area contributed by atoms with Gasteiger partial charge in [-0.05, 0) is 43.2 Å². The third-order valence-electron chi connectivity index (χ3n) is 5.02. The van der Waals surface area contributed by atoms with Gasteiger partial charge in [-0.3, -0.25) is 14.2 Å². The predicted octanol–water partition coefficient (Wildman–Crippen LogP) is 3.09. The van der Waals surface area contributed by atoms with Crippen LogP contribution < -0.4 is 15.6 Å². The minimum absolute atomic E-state index is 0.0473. The van der Waals surface area contributed by atoms with Crippen molar-refractivity contribution in [2.24, 2.45) is 0 Å². The molecule has 0 bridgehead atoms. The molecule has 1 aliphatic rings. The normalized spacial score (nSPS) is 13.6. The standard InChI is InChI=1S/C21H21N3O4/c1-28-18-9-7-14(12-17(18)25)22-20(26)13-6-8-15-16(11-13)23-19-5-3-2-4-10-24(19)21(15)27/h6-9,11-12,25H,2-5,10H2,1H3,(H,22,26). The van der Waals surface area contributed by atoms with Crippen molar-refractivity contribution in [2.45, 2.75) is 32.2 Å². The summed E-state index contributed by atoms with van der Waals surface area (Å²) in [4.78, 5) is 30.0. The number of hydrogen-bond acceptors (Lipinski definition) is 5. The zero-order valence-electron chi connectivity index (χ0n) is 15.6. The number of hydrogen-bond donors (Lipinski definition) is 2. The van der Waals surface area contributed by atoms with Gasteiger partial charge in [-0.1, -0.05) is 6.42 Å². The molecule has 0 saturated heterocycles. The number of benzene rings is 2. The van der Waals surface area contributed by atoms with E-state index in [1.165, 1.54) is 13.2 Å². The average molecular weight is 379 g/mol. The number of fused-ring (bicyclic) bond motifs is 2. The van der Waals surface area contributed by atoms with Crippen LogP contribution in [0.4, 0.5) is 5.69 Å². The van der Waals surface area contributed by atoms with Gasteiger partial charge < -0.3 is 15.2 Å². The molecule has 144 valence electrons. The summed E-state index contributed by atoms with van der Waals surface area (Å²) in [6.45, 7) is 0.695. The lowest BCUT2D eigenvalue weighted by atomic mass is 10.1. The fourth-order valence-corrected chi connectivity index (χ4v) is 3.53. The van der Waals surface area contributed by atoms with Crippen LogP contribution in [0, 0.1) is 0 Å². The molecule has 1 amide bonds. The topological polar surface area (TPSA) is 93.5 Å². The minimum Gasteiger partial charge on any atom is -0.504 e. The number of anilines is 1. The van der Waals surface area contributed by atoms with Crippen LogP contribution in [0.25, 0.3) is 10.9 Å². The zero-order valence-corrected chi connectivity index (χ0v) is 15.6. The second-order valence-corrected chi connectivity index (χ2v) is 6.87.